The van der Waals surface area contributed by atoms with Gasteiger partial charge in [0.15, 0.2) is 8.96 Å². The smallest absolute Gasteiger partial charge is 0.382 e. The lowest BCUT2D eigenvalue weighted by atomic mass is 10.1. The van der Waals surface area contributed by atoms with Gasteiger partial charge in [0.05, 0.1) is 26.7 Å². The lowest BCUT2D eigenvalue weighted by Gasteiger charge is -2.29. The van der Waals surface area contributed by atoms with Gasteiger partial charge < -0.3 is 10.3 Å². The van der Waals surface area contributed by atoms with E-state index in [0.29, 0.717) is 35.3 Å². The highest BCUT2D eigenvalue weighted by Gasteiger charge is 2.34. The Morgan fingerprint density at radius 2 is 1.81 bits per heavy atom. The Morgan fingerprint density at radius 3 is 2.44 bits per heavy atom. The van der Waals surface area contributed by atoms with Gasteiger partial charge in [0.25, 0.3) is 0 Å². The maximum absolute atomic E-state index is 14.0. The molecule has 1 aliphatic rings. The van der Waals surface area contributed by atoms with Crippen LogP contribution in [0.1, 0.15) is 34.5 Å². The number of nitriles is 1. The number of nitrogens with zero attached hydrogens (tertiary/aromatic N) is 2. The molecule has 1 amide bonds. The van der Waals surface area contributed by atoms with Crippen LogP contribution in [0, 0.1) is 17.1 Å². The zero-order valence-electron chi connectivity index (χ0n) is 18.2. The van der Waals surface area contributed by atoms with E-state index >= 15 is 0 Å². The first-order valence-electron chi connectivity index (χ1n) is 10.7. The summed E-state index contributed by atoms with van der Waals surface area (Å²) in [6.45, 7) is 0. The van der Waals surface area contributed by atoms with E-state index < -0.39 is 37.6 Å². The SMILES string of the molecule is N#Cc1c(Cl)c(F)cc(C(=O)N[Si]2CCC(Nc3cc(C(F)(F)F)nc4ccc(Cl)cc34)CC2)c1Cl. The molecule has 3 aromatic rings. The van der Waals surface area contributed by atoms with Gasteiger partial charge in [-0.3, -0.25) is 4.79 Å². The van der Waals surface area contributed by atoms with Crippen molar-refractivity contribution < 1.29 is 22.4 Å². The molecule has 5 nitrogen and oxygen atoms in total. The third-order valence-electron chi connectivity index (χ3n) is 5.81. The molecule has 13 heteroatoms. The molecule has 0 atom stereocenters. The summed E-state index contributed by atoms with van der Waals surface area (Å²) < 4.78 is 54.2. The first-order chi connectivity index (χ1) is 17.0. The first-order valence-corrected chi connectivity index (χ1v) is 13.7. The highest BCUT2D eigenvalue weighted by Crippen LogP contribution is 2.35. The van der Waals surface area contributed by atoms with E-state index in [1.807, 2.05) is 0 Å². The highest BCUT2D eigenvalue weighted by atomic mass is 35.5. The topological polar surface area (TPSA) is 77.8 Å². The van der Waals surface area contributed by atoms with Gasteiger partial charge >= 0.3 is 6.18 Å². The van der Waals surface area contributed by atoms with Gasteiger partial charge in [0.2, 0.25) is 5.91 Å². The number of alkyl halides is 3. The van der Waals surface area contributed by atoms with E-state index in [2.05, 4.69) is 15.3 Å². The van der Waals surface area contributed by atoms with Gasteiger partial charge in [0, 0.05) is 22.1 Å². The zero-order valence-corrected chi connectivity index (χ0v) is 21.5. The van der Waals surface area contributed by atoms with E-state index in [9.17, 15) is 22.4 Å². The molecule has 187 valence electrons. The second-order valence-electron chi connectivity index (χ2n) is 8.21. The fourth-order valence-electron chi connectivity index (χ4n) is 4.01. The molecule has 4 rings (SSSR count). The van der Waals surface area contributed by atoms with Crippen molar-refractivity contribution in [1.82, 2.24) is 9.97 Å². The number of pyridine rings is 1. The van der Waals surface area contributed by atoms with Crippen LogP contribution in [0.15, 0.2) is 30.3 Å². The number of hydrogen-bond donors (Lipinski definition) is 2. The largest absolute Gasteiger partial charge is 0.433 e. The second kappa shape index (κ2) is 10.4. The lowest BCUT2D eigenvalue weighted by molar-refractivity contribution is -0.140. The maximum Gasteiger partial charge on any atom is 0.433 e. The number of amides is 1. The van der Waals surface area contributed by atoms with Crippen LogP contribution in [0.2, 0.25) is 27.2 Å². The summed E-state index contributed by atoms with van der Waals surface area (Å²) in [5.74, 6) is -1.52. The van der Waals surface area contributed by atoms with Gasteiger partial charge in [-0.1, -0.05) is 34.8 Å². The molecule has 1 radical (unpaired) electrons. The number of hydrogen-bond acceptors (Lipinski definition) is 4. The van der Waals surface area contributed by atoms with Crippen LogP contribution in [-0.4, -0.2) is 25.9 Å². The summed E-state index contributed by atoms with van der Waals surface area (Å²) >= 11 is 17.9. The molecule has 0 unspecified atom stereocenters. The molecule has 1 aromatic heterocycles. The van der Waals surface area contributed by atoms with Crippen LogP contribution >= 0.6 is 34.8 Å². The second-order valence-corrected chi connectivity index (χ2v) is 11.9. The predicted molar refractivity (Wildman–Crippen MR) is 132 cm³/mol. The van der Waals surface area contributed by atoms with Crippen molar-refractivity contribution in [3.63, 3.8) is 0 Å². The average molecular weight is 575 g/mol. The van der Waals surface area contributed by atoms with E-state index in [4.69, 9.17) is 40.1 Å². The molecule has 2 N–H and O–H groups in total. The van der Waals surface area contributed by atoms with Gasteiger partial charge in [-0.15, -0.1) is 0 Å². The number of aromatic nitrogens is 1. The van der Waals surface area contributed by atoms with Crippen LogP contribution in [-0.2, 0) is 6.18 Å². The van der Waals surface area contributed by atoms with Gasteiger partial charge in [0.1, 0.15) is 17.6 Å². The Kier molecular flexibility index (Phi) is 7.66. The van der Waals surface area contributed by atoms with Crippen molar-refractivity contribution in [2.75, 3.05) is 5.32 Å². The summed E-state index contributed by atoms with van der Waals surface area (Å²) in [6.07, 6.45) is -3.43. The Hall–Kier alpha value is -2.58. The number of halogens is 7. The van der Waals surface area contributed by atoms with Crippen molar-refractivity contribution >= 4 is 66.3 Å². The fourth-order valence-corrected chi connectivity index (χ4v) is 7.05. The molecule has 2 aromatic carbocycles. The third kappa shape index (κ3) is 5.54. The molecule has 1 saturated heterocycles. The number of carbonyl (C=O) groups is 1. The average Bonchev–Trinajstić information content (AvgIpc) is 2.82. The Morgan fingerprint density at radius 1 is 1.11 bits per heavy atom. The van der Waals surface area contributed by atoms with E-state index in [1.165, 1.54) is 12.1 Å². The van der Waals surface area contributed by atoms with E-state index in [0.717, 1.165) is 12.1 Å². The van der Waals surface area contributed by atoms with Crippen LogP contribution < -0.4 is 10.3 Å². The number of rotatable bonds is 4. The summed E-state index contributed by atoms with van der Waals surface area (Å²) in [5, 5.41) is 12.5. The Balaban J connectivity index is 1.46. The number of benzene rings is 2. The summed E-state index contributed by atoms with van der Waals surface area (Å²) in [4.78, 5) is 19.3. The summed E-state index contributed by atoms with van der Waals surface area (Å²) in [6, 6.07) is 9.15. The number of anilines is 1. The summed E-state index contributed by atoms with van der Waals surface area (Å²) in [5.41, 5.74) is -1.03. The van der Waals surface area contributed by atoms with Crippen LogP contribution in [0.3, 0.4) is 0 Å². The monoisotopic (exact) mass is 573 g/mol. The molecule has 1 aliphatic heterocycles. The Bertz CT molecular complexity index is 1390. The minimum Gasteiger partial charge on any atom is -0.382 e. The minimum atomic E-state index is -4.61. The first kappa shape index (κ1) is 26.5. The number of nitrogens with one attached hydrogen (secondary N) is 2. The normalized spacial score (nSPS) is 15.1. The Labute approximate surface area is 220 Å². The van der Waals surface area contributed by atoms with Crippen LogP contribution in [0.5, 0.6) is 0 Å². The van der Waals surface area contributed by atoms with Crippen molar-refractivity contribution in [3.05, 3.63) is 68.0 Å². The van der Waals surface area contributed by atoms with Crippen molar-refractivity contribution in [2.24, 2.45) is 0 Å². The third-order valence-corrected chi connectivity index (χ3v) is 9.18. The van der Waals surface area contributed by atoms with Crippen molar-refractivity contribution in [3.8, 4) is 6.07 Å². The van der Waals surface area contributed by atoms with Gasteiger partial charge in [-0.2, -0.15) is 18.4 Å². The molecule has 2 heterocycles. The molecular weight excluding hydrogens is 559 g/mol. The van der Waals surface area contributed by atoms with Crippen LogP contribution in [0.25, 0.3) is 10.9 Å². The highest BCUT2D eigenvalue weighted by molar-refractivity contribution is 6.60. The molecule has 1 fully saturated rings. The number of carbonyl (C=O) groups excluding carboxylic acids is 1. The van der Waals surface area contributed by atoms with Crippen LogP contribution in [0.4, 0.5) is 23.2 Å². The molecule has 0 saturated carbocycles. The van der Waals surface area contributed by atoms with E-state index in [1.54, 1.807) is 12.1 Å². The summed E-state index contributed by atoms with van der Waals surface area (Å²) in [7, 11) is -1.41. The quantitative estimate of drug-likeness (QED) is 0.196. The van der Waals surface area contributed by atoms with Crippen molar-refractivity contribution in [1.29, 1.82) is 5.26 Å². The molecular formula is C23H16Cl3F4N4OSi. The lowest BCUT2D eigenvalue weighted by Crippen LogP contribution is -2.43. The van der Waals surface area contributed by atoms with Gasteiger partial charge in [-0.25, -0.2) is 9.37 Å². The molecule has 0 spiro atoms. The van der Waals surface area contributed by atoms with Crippen molar-refractivity contribution in [2.45, 2.75) is 37.1 Å². The standard InChI is InChI=1S/C23H16Cl3F4N4OSi/c24-11-1-2-17-13(7-11)18(9-19(33-17)23(28,29)30)32-12-3-5-36(6-4-12)34-22(35)14-8-16(27)21(26)15(10-31)20(14)25/h1-2,7-9,12H,3-6H2,(H,32,33)(H,34,35). The fraction of sp³-hybridized carbons (Fsp3) is 0.261. The van der Waals surface area contributed by atoms with Gasteiger partial charge in [-0.05, 0) is 55.3 Å². The molecule has 0 aliphatic carbocycles. The predicted octanol–water partition coefficient (Wildman–Crippen LogP) is 7.22. The molecule has 0 bridgehead atoms. The number of fused-ring (bicyclic) bond motifs is 1. The maximum atomic E-state index is 14.0. The van der Waals surface area contributed by atoms with E-state index in [-0.39, 0.29) is 33.4 Å². The minimum absolute atomic E-state index is 0.136. The zero-order chi connectivity index (χ0) is 26.2. The molecule has 36 heavy (non-hydrogen) atoms.